The molecule has 3 N–H and O–H groups in total. The lowest BCUT2D eigenvalue weighted by Crippen LogP contribution is -2.51. The number of halogens is 3. The van der Waals surface area contributed by atoms with E-state index >= 15 is 0 Å². The van der Waals surface area contributed by atoms with Crippen molar-refractivity contribution in [3.05, 3.63) is 0 Å². The van der Waals surface area contributed by atoms with E-state index in [1.165, 1.54) is 6.92 Å². The number of hydrogen-bond acceptors (Lipinski definition) is 4. The van der Waals surface area contributed by atoms with Gasteiger partial charge in [0.15, 0.2) is 0 Å². The Hall–Kier alpha value is -0.860. The molecule has 5 nitrogen and oxygen atoms in total. The van der Waals surface area contributed by atoms with Crippen molar-refractivity contribution in [2.75, 3.05) is 26.3 Å². The predicted molar refractivity (Wildman–Crippen MR) is 61.5 cm³/mol. The third kappa shape index (κ3) is 6.22. The standard InChI is InChI=1S/C11H19F3N2O3/c1-8(9(17)16-7-11(12,13)14)15-6-10(18)2-4-19-5-3-10/h8,15,18H,2-7H2,1H3,(H,16,17). The van der Waals surface area contributed by atoms with Crippen molar-refractivity contribution < 1.29 is 27.8 Å². The van der Waals surface area contributed by atoms with Gasteiger partial charge in [-0.25, -0.2) is 0 Å². The average Bonchev–Trinajstić information content (AvgIpc) is 2.33. The zero-order valence-electron chi connectivity index (χ0n) is 10.7. The number of amides is 1. The molecule has 19 heavy (non-hydrogen) atoms. The predicted octanol–water partition coefficient (Wildman–Crippen LogP) is 0.184. The molecule has 8 heteroatoms. The van der Waals surface area contributed by atoms with E-state index in [9.17, 15) is 23.1 Å². The molecular formula is C11H19F3N2O3. The molecule has 1 fully saturated rings. The minimum absolute atomic E-state index is 0.150. The molecule has 1 aliphatic rings. The Morgan fingerprint density at radius 2 is 2.00 bits per heavy atom. The quantitative estimate of drug-likeness (QED) is 0.674. The summed E-state index contributed by atoms with van der Waals surface area (Å²) in [6.45, 7) is 1.13. The molecule has 0 aromatic heterocycles. The second-order valence-corrected chi connectivity index (χ2v) is 4.77. The molecular weight excluding hydrogens is 265 g/mol. The summed E-state index contributed by atoms with van der Waals surface area (Å²) in [5.74, 6) is -0.743. The number of rotatable bonds is 5. The molecule has 0 spiro atoms. The zero-order chi connectivity index (χ0) is 14.5. The maximum absolute atomic E-state index is 11.9. The smallest absolute Gasteiger partial charge is 0.388 e. The van der Waals surface area contributed by atoms with E-state index in [1.807, 2.05) is 0 Å². The molecule has 0 radical (unpaired) electrons. The number of carbonyl (C=O) groups excluding carboxylic acids is 1. The number of carbonyl (C=O) groups is 1. The topological polar surface area (TPSA) is 70.6 Å². The fraction of sp³-hybridized carbons (Fsp3) is 0.909. The molecule has 112 valence electrons. The summed E-state index contributed by atoms with van der Waals surface area (Å²) in [6.07, 6.45) is -3.54. The molecule has 1 aliphatic heterocycles. The average molecular weight is 284 g/mol. The largest absolute Gasteiger partial charge is 0.405 e. The van der Waals surface area contributed by atoms with Gasteiger partial charge >= 0.3 is 6.18 Å². The second kappa shape index (κ2) is 6.53. The first-order chi connectivity index (χ1) is 8.72. The lowest BCUT2D eigenvalue weighted by atomic mass is 9.94. The molecule has 1 amide bonds. The van der Waals surface area contributed by atoms with Gasteiger partial charge in [0, 0.05) is 32.6 Å². The number of nitrogens with one attached hydrogen (secondary N) is 2. The van der Waals surface area contributed by atoms with Crippen LogP contribution in [0.4, 0.5) is 13.2 Å². The minimum Gasteiger partial charge on any atom is -0.388 e. The summed E-state index contributed by atoms with van der Waals surface area (Å²) in [5.41, 5.74) is -0.961. The first kappa shape index (κ1) is 16.2. The Morgan fingerprint density at radius 3 is 2.53 bits per heavy atom. The van der Waals surface area contributed by atoms with Gasteiger partial charge in [-0.05, 0) is 6.92 Å². The van der Waals surface area contributed by atoms with Crippen LogP contribution in [-0.2, 0) is 9.53 Å². The van der Waals surface area contributed by atoms with Crippen molar-refractivity contribution in [2.45, 2.75) is 37.6 Å². The molecule has 1 atom stereocenters. The molecule has 1 heterocycles. The van der Waals surface area contributed by atoms with Crippen LogP contribution in [-0.4, -0.2) is 55.1 Å². The van der Waals surface area contributed by atoms with Gasteiger partial charge in [0.05, 0.1) is 11.6 Å². The molecule has 0 saturated carbocycles. The van der Waals surface area contributed by atoms with Gasteiger partial charge in [-0.1, -0.05) is 0 Å². The van der Waals surface area contributed by atoms with E-state index in [2.05, 4.69) is 5.32 Å². The highest BCUT2D eigenvalue weighted by atomic mass is 19.4. The summed E-state index contributed by atoms with van der Waals surface area (Å²) in [5, 5.41) is 14.6. The summed E-state index contributed by atoms with van der Waals surface area (Å²) >= 11 is 0. The molecule has 0 aliphatic carbocycles. The van der Waals surface area contributed by atoms with E-state index < -0.39 is 30.3 Å². The van der Waals surface area contributed by atoms with E-state index in [-0.39, 0.29) is 6.54 Å². The van der Waals surface area contributed by atoms with Gasteiger partial charge in [0.2, 0.25) is 5.91 Å². The summed E-state index contributed by atoms with van der Waals surface area (Å²) in [4.78, 5) is 11.4. The highest BCUT2D eigenvalue weighted by molar-refractivity contribution is 5.81. The monoisotopic (exact) mass is 284 g/mol. The van der Waals surface area contributed by atoms with Crippen LogP contribution >= 0.6 is 0 Å². The van der Waals surface area contributed by atoms with Crippen molar-refractivity contribution in [3.8, 4) is 0 Å². The van der Waals surface area contributed by atoms with Crippen LogP contribution in [0.1, 0.15) is 19.8 Å². The van der Waals surface area contributed by atoms with Crippen LogP contribution in [0, 0.1) is 0 Å². The third-order valence-corrected chi connectivity index (χ3v) is 3.02. The van der Waals surface area contributed by atoms with Crippen molar-refractivity contribution in [1.29, 1.82) is 0 Å². The lowest BCUT2D eigenvalue weighted by molar-refractivity contribution is -0.139. The van der Waals surface area contributed by atoms with Gasteiger partial charge in [0.25, 0.3) is 0 Å². The minimum atomic E-state index is -4.42. The highest BCUT2D eigenvalue weighted by Gasteiger charge is 2.32. The third-order valence-electron chi connectivity index (χ3n) is 3.02. The maximum atomic E-state index is 11.9. The van der Waals surface area contributed by atoms with E-state index in [1.54, 1.807) is 5.32 Å². The normalized spacial score (nSPS) is 20.9. The van der Waals surface area contributed by atoms with Crippen molar-refractivity contribution >= 4 is 5.91 Å². The van der Waals surface area contributed by atoms with Gasteiger partial charge in [0.1, 0.15) is 6.54 Å². The Balaban J connectivity index is 2.29. The van der Waals surface area contributed by atoms with Gasteiger partial charge < -0.3 is 20.5 Å². The maximum Gasteiger partial charge on any atom is 0.405 e. The molecule has 1 unspecified atom stereocenters. The van der Waals surface area contributed by atoms with Crippen LogP contribution in [0.2, 0.25) is 0 Å². The molecule has 0 aromatic rings. The van der Waals surface area contributed by atoms with Crippen LogP contribution in [0.5, 0.6) is 0 Å². The van der Waals surface area contributed by atoms with Gasteiger partial charge in [-0.2, -0.15) is 13.2 Å². The number of ether oxygens (including phenoxy) is 1. The Kier molecular flexibility index (Phi) is 5.57. The van der Waals surface area contributed by atoms with Crippen LogP contribution in [0.3, 0.4) is 0 Å². The Bertz CT molecular complexity index is 304. The van der Waals surface area contributed by atoms with Crippen LogP contribution in [0.25, 0.3) is 0 Å². The lowest BCUT2D eigenvalue weighted by Gasteiger charge is -2.33. The fourth-order valence-corrected chi connectivity index (χ4v) is 1.70. The van der Waals surface area contributed by atoms with Crippen molar-refractivity contribution in [2.24, 2.45) is 0 Å². The van der Waals surface area contributed by atoms with Crippen LogP contribution < -0.4 is 10.6 Å². The SMILES string of the molecule is CC(NCC1(O)CCOCC1)C(=O)NCC(F)(F)F. The summed E-state index contributed by atoms with van der Waals surface area (Å²) in [7, 11) is 0. The Morgan fingerprint density at radius 1 is 1.42 bits per heavy atom. The summed E-state index contributed by atoms with van der Waals surface area (Å²) < 4.78 is 40.9. The molecule has 1 saturated heterocycles. The van der Waals surface area contributed by atoms with Gasteiger partial charge in [-0.15, -0.1) is 0 Å². The number of alkyl halides is 3. The molecule has 0 aromatic carbocycles. The van der Waals surface area contributed by atoms with Gasteiger partial charge in [-0.3, -0.25) is 4.79 Å². The fourth-order valence-electron chi connectivity index (χ4n) is 1.70. The van der Waals surface area contributed by atoms with E-state index in [0.717, 1.165) is 0 Å². The zero-order valence-corrected chi connectivity index (χ0v) is 10.7. The van der Waals surface area contributed by atoms with Crippen LogP contribution in [0.15, 0.2) is 0 Å². The highest BCUT2D eigenvalue weighted by Crippen LogP contribution is 2.19. The van der Waals surface area contributed by atoms with E-state index in [4.69, 9.17) is 4.74 Å². The van der Waals surface area contributed by atoms with Crippen molar-refractivity contribution in [1.82, 2.24) is 10.6 Å². The Labute approximate surface area is 109 Å². The molecule has 0 bridgehead atoms. The number of hydrogen-bond donors (Lipinski definition) is 3. The first-order valence-electron chi connectivity index (χ1n) is 6.10. The second-order valence-electron chi connectivity index (χ2n) is 4.77. The molecule has 1 rings (SSSR count). The van der Waals surface area contributed by atoms with Crippen molar-refractivity contribution in [3.63, 3.8) is 0 Å². The summed E-state index contributed by atoms with van der Waals surface area (Å²) in [6, 6.07) is -0.797. The number of aliphatic hydroxyl groups is 1. The first-order valence-corrected chi connectivity index (χ1v) is 6.10. The van der Waals surface area contributed by atoms with E-state index in [0.29, 0.717) is 26.1 Å².